The van der Waals surface area contributed by atoms with E-state index in [1.807, 2.05) is 18.5 Å². The minimum absolute atomic E-state index is 0.537. The second kappa shape index (κ2) is 3.86. The Morgan fingerprint density at radius 2 is 2.43 bits per heavy atom. The molecule has 0 amide bonds. The van der Waals surface area contributed by atoms with Crippen LogP contribution in [0.5, 0.6) is 0 Å². The molecule has 1 aliphatic heterocycles. The van der Waals surface area contributed by atoms with Crippen LogP contribution in [0.1, 0.15) is 20.3 Å². The lowest BCUT2D eigenvalue weighted by atomic mass is 9.97. The van der Waals surface area contributed by atoms with Gasteiger partial charge >= 0.3 is 0 Å². The monoisotopic (exact) mass is 191 g/mol. The molecule has 0 aromatic carbocycles. The van der Waals surface area contributed by atoms with Crippen molar-refractivity contribution in [3.8, 4) is 0 Å². The molecule has 0 fully saturated rings. The fourth-order valence-corrected chi connectivity index (χ4v) is 1.76. The molecule has 2 N–H and O–H groups in total. The Balaban J connectivity index is 2.13. The maximum Gasteiger partial charge on any atom is 0.0763 e. The molecule has 2 unspecified atom stereocenters. The second-order valence-corrected chi connectivity index (χ2v) is 3.94. The van der Waals surface area contributed by atoms with Crippen molar-refractivity contribution in [2.75, 3.05) is 17.2 Å². The van der Waals surface area contributed by atoms with Crippen LogP contribution in [0.2, 0.25) is 0 Å². The van der Waals surface area contributed by atoms with Gasteiger partial charge in [-0.15, -0.1) is 0 Å². The second-order valence-electron chi connectivity index (χ2n) is 3.94. The number of fused-ring (bicyclic) bond motifs is 1. The Morgan fingerprint density at radius 1 is 1.57 bits per heavy atom. The highest BCUT2D eigenvalue weighted by molar-refractivity contribution is 5.69. The Bertz CT molecular complexity index is 311. The molecule has 1 aromatic heterocycles. The standard InChI is InChI=1S/C11H17N3/c1-3-8(2)10-7-13-11-6-12-5-4-9(11)14-10/h4-6,8,10,13-14H,3,7H2,1-2H3. The van der Waals surface area contributed by atoms with Crippen LogP contribution in [0.3, 0.4) is 0 Å². The molecule has 2 heterocycles. The van der Waals surface area contributed by atoms with E-state index in [-0.39, 0.29) is 0 Å². The zero-order chi connectivity index (χ0) is 9.97. The summed E-state index contributed by atoms with van der Waals surface area (Å²) in [6.07, 6.45) is 4.90. The summed E-state index contributed by atoms with van der Waals surface area (Å²) in [7, 11) is 0. The molecular weight excluding hydrogens is 174 g/mol. The van der Waals surface area contributed by atoms with E-state index >= 15 is 0 Å². The first-order chi connectivity index (χ1) is 6.81. The van der Waals surface area contributed by atoms with Crippen LogP contribution in [0.25, 0.3) is 0 Å². The quantitative estimate of drug-likeness (QED) is 0.753. The van der Waals surface area contributed by atoms with Crippen LogP contribution in [0, 0.1) is 5.92 Å². The first-order valence-electron chi connectivity index (χ1n) is 5.25. The number of rotatable bonds is 2. The van der Waals surface area contributed by atoms with Gasteiger partial charge in [0.25, 0.3) is 0 Å². The predicted octanol–water partition coefficient (Wildman–Crippen LogP) is 2.33. The maximum atomic E-state index is 4.09. The van der Waals surface area contributed by atoms with E-state index in [9.17, 15) is 0 Å². The van der Waals surface area contributed by atoms with Gasteiger partial charge in [0, 0.05) is 18.8 Å². The minimum atomic E-state index is 0.537. The summed E-state index contributed by atoms with van der Waals surface area (Å²) in [6, 6.07) is 2.56. The fraction of sp³-hybridized carbons (Fsp3) is 0.545. The summed E-state index contributed by atoms with van der Waals surface area (Å²) in [5.41, 5.74) is 2.30. The van der Waals surface area contributed by atoms with Crippen LogP contribution in [-0.2, 0) is 0 Å². The molecule has 0 saturated heterocycles. The molecule has 2 atom stereocenters. The van der Waals surface area contributed by atoms with Gasteiger partial charge in [0.05, 0.1) is 17.6 Å². The molecule has 0 spiro atoms. The Kier molecular flexibility index (Phi) is 2.57. The van der Waals surface area contributed by atoms with E-state index in [1.165, 1.54) is 12.1 Å². The van der Waals surface area contributed by atoms with Gasteiger partial charge in [-0.2, -0.15) is 0 Å². The third-order valence-electron chi connectivity index (χ3n) is 3.01. The summed E-state index contributed by atoms with van der Waals surface area (Å²) in [5.74, 6) is 0.698. The van der Waals surface area contributed by atoms with Gasteiger partial charge < -0.3 is 10.6 Å². The van der Waals surface area contributed by atoms with E-state index in [0.29, 0.717) is 12.0 Å². The summed E-state index contributed by atoms with van der Waals surface area (Å²) >= 11 is 0. The molecule has 0 aliphatic carbocycles. The van der Waals surface area contributed by atoms with Crippen LogP contribution in [0.4, 0.5) is 11.4 Å². The van der Waals surface area contributed by atoms with Crippen molar-refractivity contribution < 1.29 is 0 Å². The van der Waals surface area contributed by atoms with Crippen molar-refractivity contribution in [2.45, 2.75) is 26.3 Å². The van der Waals surface area contributed by atoms with Gasteiger partial charge in [-0.05, 0) is 12.0 Å². The summed E-state index contributed by atoms with van der Waals surface area (Å²) in [5, 5.41) is 6.95. The van der Waals surface area contributed by atoms with Crippen LogP contribution >= 0.6 is 0 Å². The zero-order valence-corrected chi connectivity index (χ0v) is 8.75. The zero-order valence-electron chi connectivity index (χ0n) is 8.75. The molecule has 1 aliphatic rings. The Morgan fingerprint density at radius 3 is 3.21 bits per heavy atom. The number of nitrogens with one attached hydrogen (secondary N) is 2. The van der Waals surface area contributed by atoms with Crippen LogP contribution in [-0.4, -0.2) is 17.6 Å². The molecule has 14 heavy (non-hydrogen) atoms. The van der Waals surface area contributed by atoms with Crippen molar-refractivity contribution in [1.82, 2.24) is 4.98 Å². The SMILES string of the molecule is CCC(C)C1CNc2cnccc2N1. The normalized spacial score (nSPS) is 21.7. The number of anilines is 2. The minimum Gasteiger partial charge on any atom is -0.380 e. The van der Waals surface area contributed by atoms with Gasteiger partial charge in [0.2, 0.25) is 0 Å². The maximum absolute atomic E-state index is 4.09. The van der Waals surface area contributed by atoms with E-state index in [2.05, 4.69) is 29.5 Å². The molecular formula is C11H17N3. The number of nitrogens with zero attached hydrogens (tertiary/aromatic N) is 1. The molecule has 0 bridgehead atoms. The molecule has 3 heteroatoms. The average Bonchev–Trinajstić information content (AvgIpc) is 2.27. The lowest BCUT2D eigenvalue weighted by Crippen LogP contribution is -2.37. The van der Waals surface area contributed by atoms with Gasteiger partial charge in [-0.1, -0.05) is 20.3 Å². The smallest absolute Gasteiger partial charge is 0.0763 e. The number of hydrogen-bond donors (Lipinski definition) is 2. The summed E-state index contributed by atoms with van der Waals surface area (Å²) in [6.45, 7) is 5.51. The van der Waals surface area contributed by atoms with E-state index < -0.39 is 0 Å². The highest BCUT2D eigenvalue weighted by atomic mass is 15.1. The van der Waals surface area contributed by atoms with E-state index in [4.69, 9.17) is 0 Å². The third-order valence-corrected chi connectivity index (χ3v) is 3.01. The van der Waals surface area contributed by atoms with Gasteiger partial charge in [0.15, 0.2) is 0 Å². The topological polar surface area (TPSA) is 37.0 Å². The van der Waals surface area contributed by atoms with Crippen molar-refractivity contribution in [1.29, 1.82) is 0 Å². The first-order valence-corrected chi connectivity index (χ1v) is 5.25. The lowest BCUT2D eigenvalue weighted by molar-refractivity contribution is 0.477. The van der Waals surface area contributed by atoms with Crippen molar-refractivity contribution in [3.05, 3.63) is 18.5 Å². The summed E-state index contributed by atoms with van der Waals surface area (Å²) in [4.78, 5) is 4.09. The van der Waals surface area contributed by atoms with Gasteiger partial charge in [-0.25, -0.2) is 0 Å². The predicted molar refractivity (Wildman–Crippen MR) is 59.6 cm³/mol. The Labute approximate surface area is 84.9 Å². The number of aromatic nitrogens is 1. The molecule has 0 radical (unpaired) electrons. The highest BCUT2D eigenvalue weighted by Gasteiger charge is 2.20. The van der Waals surface area contributed by atoms with Crippen molar-refractivity contribution in [2.24, 2.45) is 5.92 Å². The largest absolute Gasteiger partial charge is 0.380 e. The third kappa shape index (κ3) is 1.67. The molecule has 0 saturated carbocycles. The fourth-order valence-electron chi connectivity index (χ4n) is 1.76. The number of hydrogen-bond acceptors (Lipinski definition) is 3. The molecule has 2 rings (SSSR count). The molecule has 1 aromatic rings. The van der Waals surface area contributed by atoms with Gasteiger partial charge in [0.1, 0.15) is 0 Å². The number of pyridine rings is 1. The van der Waals surface area contributed by atoms with E-state index in [0.717, 1.165) is 12.2 Å². The van der Waals surface area contributed by atoms with E-state index in [1.54, 1.807) is 0 Å². The van der Waals surface area contributed by atoms with Crippen LogP contribution < -0.4 is 10.6 Å². The average molecular weight is 191 g/mol. The molecule has 76 valence electrons. The lowest BCUT2D eigenvalue weighted by Gasteiger charge is -2.31. The molecule has 3 nitrogen and oxygen atoms in total. The highest BCUT2D eigenvalue weighted by Crippen LogP contribution is 2.26. The Hall–Kier alpha value is -1.25. The van der Waals surface area contributed by atoms with Crippen LogP contribution in [0.15, 0.2) is 18.5 Å². The van der Waals surface area contributed by atoms with Crippen molar-refractivity contribution in [3.63, 3.8) is 0 Å². The van der Waals surface area contributed by atoms with Crippen molar-refractivity contribution >= 4 is 11.4 Å². The first kappa shape index (κ1) is 9.31. The summed E-state index contributed by atoms with van der Waals surface area (Å²) < 4.78 is 0. The van der Waals surface area contributed by atoms with Gasteiger partial charge in [-0.3, -0.25) is 4.98 Å².